The topological polar surface area (TPSA) is 180 Å². The molecule has 0 unspecified atom stereocenters. The highest BCUT2D eigenvalue weighted by Gasteiger charge is 2.54. The van der Waals surface area contributed by atoms with Gasteiger partial charge in [0.1, 0.15) is 47.5 Å². The lowest BCUT2D eigenvalue weighted by Gasteiger charge is -2.30. The summed E-state index contributed by atoms with van der Waals surface area (Å²) in [7, 11) is -4.23. The number of anilines is 1. The molecule has 0 amide bonds. The van der Waals surface area contributed by atoms with Crippen molar-refractivity contribution >= 4 is 25.1 Å². The van der Waals surface area contributed by atoms with Crippen LogP contribution in [0.25, 0.3) is 5.52 Å². The minimum atomic E-state index is -4.23. The Balaban J connectivity index is 1.55. The number of hydrogen-bond acceptors (Lipinski definition) is 11. The Morgan fingerprint density at radius 3 is 2.63 bits per heavy atom. The van der Waals surface area contributed by atoms with Gasteiger partial charge in [0.05, 0.1) is 18.4 Å². The van der Waals surface area contributed by atoms with Gasteiger partial charge in [-0.15, -0.1) is 0 Å². The number of nitrogens with one attached hydrogen (secondary N) is 1. The minimum absolute atomic E-state index is 0.223. The molecule has 14 heteroatoms. The van der Waals surface area contributed by atoms with Crippen molar-refractivity contribution in [2.45, 2.75) is 63.8 Å². The molecule has 4 rings (SSSR count). The first-order valence-electron chi connectivity index (χ1n) is 12.0. The summed E-state index contributed by atoms with van der Waals surface area (Å²) in [5, 5.41) is 28.5. The summed E-state index contributed by atoms with van der Waals surface area (Å²) in [6.07, 6.45) is -2.95. The molecule has 1 aromatic carbocycles. The number of nitrogens with two attached hydrogens (primary N) is 1. The van der Waals surface area contributed by atoms with Gasteiger partial charge in [-0.2, -0.15) is 10.2 Å². The fourth-order valence-corrected chi connectivity index (χ4v) is 5.63. The molecule has 1 saturated heterocycles. The fourth-order valence-electron chi connectivity index (χ4n) is 4.05. The van der Waals surface area contributed by atoms with Gasteiger partial charge in [0, 0.05) is 0 Å². The lowest BCUT2D eigenvalue weighted by atomic mass is 9.97. The van der Waals surface area contributed by atoms with Crippen LogP contribution in [0.2, 0.25) is 0 Å². The van der Waals surface area contributed by atoms with Crippen molar-refractivity contribution in [3.63, 3.8) is 0 Å². The van der Waals surface area contributed by atoms with Gasteiger partial charge in [0.15, 0.2) is 5.82 Å². The number of esters is 1. The maximum atomic E-state index is 13.8. The van der Waals surface area contributed by atoms with Crippen LogP contribution in [0.4, 0.5) is 5.82 Å². The van der Waals surface area contributed by atoms with Crippen molar-refractivity contribution < 1.29 is 38.1 Å². The second-order valence-electron chi connectivity index (χ2n) is 9.50. The molecule has 38 heavy (non-hydrogen) atoms. The molecule has 0 radical (unpaired) electrons. The number of aromatic nitrogens is 3. The Labute approximate surface area is 219 Å². The summed E-state index contributed by atoms with van der Waals surface area (Å²) in [6.45, 7) is 5.88. The number of nitrogens with zero attached hydrogens (tertiary/aromatic N) is 3. The highest BCUT2D eigenvalue weighted by atomic mass is 31.2. The number of hydrogen-bond donors (Lipinski definition) is 4. The summed E-state index contributed by atoms with van der Waals surface area (Å²) in [5.74, 6) is -0.193. The van der Waals surface area contributed by atoms with Gasteiger partial charge in [-0.1, -0.05) is 18.2 Å². The number of carbonyl (C=O) groups excluding carboxylic acids is 1. The predicted molar refractivity (Wildman–Crippen MR) is 136 cm³/mol. The summed E-state index contributed by atoms with van der Waals surface area (Å²) in [5.41, 5.74) is 5.31. The zero-order valence-corrected chi connectivity index (χ0v) is 22.3. The van der Waals surface area contributed by atoms with E-state index < -0.39 is 50.3 Å². The molecule has 3 heterocycles. The summed E-state index contributed by atoms with van der Waals surface area (Å²) in [4.78, 5) is 16.3. The van der Waals surface area contributed by atoms with Gasteiger partial charge < -0.3 is 29.9 Å². The van der Waals surface area contributed by atoms with Crippen molar-refractivity contribution in [2.24, 2.45) is 0 Å². The molecule has 5 N–H and O–H groups in total. The first kappa shape index (κ1) is 28.0. The quantitative estimate of drug-likeness (QED) is 0.214. The van der Waals surface area contributed by atoms with Crippen LogP contribution in [0.3, 0.4) is 0 Å². The van der Waals surface area contributed by atoms with Crippen LogP contribution in [-0.4, -0.2) is 67.3 Å². The molecular formula is C24H32N5O8P. The first-order chi connectivity index (χ1) is 17.9. The number of benzene rings is 1. The lowest BCUT2D eigenvalue weighted by molar-refractivity contribution is -0.149. The smallest absolute Gasteiger partial charge is 0.459 e. The second kappa shape index (κ2) is 11.0. The monoisotopic (exact) mass is 549 g/mol. The van der Waals surface area contributed by atoms with E-state index in [1.807, 2.05) is 0 Å². The van der Waals surface area contributed by atoms with Crippen LogP contribution < -0.4 is 15.3 Å². The van der Waals surface area contributed by atoms with Gasteiger partial charge in [0.25, 0.3) is 0 Å². The van der Waals surface area contributed by atoms with E-state index in [1.165, 1.54) is 24.7 Å². The van der Waals surface area contributed by atoms with Crippen LogP contribution >= 0.6 is 7.75 Å². The second-order valence-corrected chi connectivity index (χ2v) is 11.2. The third-order valence-electron chi connectivity index (χ3n) is 6.01. The molecule has 0 bridgehead atoms. The van der Waals surface area contributed by atoms with Gasteiger partial charge in [-0.25, -0.2) is 14.1 Å². The van der Waals surface area contributed by atoms with Gasteiger partial charge in [-0.3, -0.25) is 9.32 Å². The van der Waals surface area contributed by atoms with Crippen LogP contribution in [0.5, 0.6) is 5.75 Å². The van der Waals surface area contributed by atoms with Gasteiger partial charge in [-0.05, 0) is 52.0 Å². The lowest BCUT2D eigenvalue weighted by Crippen LogP contribution is -2.45. The van der Waals surface area contributed by atoms with Gasteiger partial charge >= 0.3 is 13.7 Å². The number of rotatable bonds is 10. The van der Waals surface area contributed by atoms with Crippen LogP contribution in [0.15, 0.2) is 48.8 Å². The van der Waals surface area contributed by atoms with E-state index in [9.17, 15) is 19.6 Å². The van der Waals surface area contributed by atoms with E-state index in [2.05, 4.69) is 15.2 Å². The molecule has 1 aliphatic rings. The van der Waals surface area contributed by atoms with E-state index in [4.69, 9.17) is 24.3 Å². The number of fused-ring (bicyclic) bond motifs is 1. The average molecular weight is 550 g/mol. The molecule has 2 aromatic heterocycles. The number of aliphatic hydroxyl groups is 2. The minimum Gasteiger partial charge on any atom is -0.462 e. The van der Waals surface area contributed by atoms with Gasteiger partial charge in [0.2, 0.25) is 0 Å². The summed E-state index contributed by atoms with van der Waals surface area (Å²) >= 11 is 0. The van der Waals surface area contributed by atoms with Crippen LogP contribution in [-0.2, 0) is 23.4 Å². The standard InChI is InChI=1S/C24H32N5O8P/c1-14(2)35-23(32)15(3)28-38(33,37-16-8-6-5-7-9-16)34-12-24(4)21(31)19(30)20(36-24)17-10-11-18-22(25)26-13-27-29(17)18/h5-11,13-15,19-21,30-31H,12H2,1-4H3,(H,28,33)(H2,25,26,27)/t15-,19-,20-,21-,24+,38+/m0/s1. The fraction of sp³-hybridized carbons (Fsp3) is 0.458. The number of carbonyl (C=O) groups is 1. The number of aliphatic hydroxyl groups excluding tert-OH is 2. The third-order valence-corrected chi connectivity index (χ3v) is 7.63. The molecule has 6 atom stereocenters. The molecule has 1 fully saturated rings. The Kier molecular flexibility index (Phi) is 8.07. The first-order valence-corrected chi connectivity index (χ1v) is 13.6. The number of para-hydroxylation sites is 1. The van der Waals surface area contributed by atoms with Crippen molar-refractivity contribution in [3.05, 3.63) is 54.5 Å². The maximum absolute atomic E-state index is 13.8. The third kappa shape index (κ3) is 5.83. The van der Waals surface area contributed by atoms with Crippen molar-refractivity contribution in [3.8, 4) is 5.75 Å². The van der Waals surface area contributed by atoms with Crippen molar-refractivity contribution in [2.75, 3.05) is 12.3 Å². The predicted octanol–water partition coefficient (Wildman–Crippen LogP) is 2.00. The molecule has 0 aliphatic carbocycles. The molecule has 3 aromatic rings. The highest BCUT2D eigenvalue weighted by Crippen LogP contribution is 2.48. The maximum Gasteiger partial charge on any atom is 0.459 e. The zero-order valence-electron chi connectivity index (χ0n) is 21.4. The highest BCUT2D eigenvalue weighted by molar-refractivity contribution is 7.52. The van der Waals surface area contributed by atoms with Crippen molar-refractivity contribution in [1.82, 2.24) is 19.7 Å². The van der Waals surface area contributed by atoms with E-state index >= 15 is 0 Å². The molecule has 13 nitrogen and oxygen atoms in total. The van der Waals surface area contributed by atoms with Crippen LogP contribution in [0.1, 0.15) is 39.5 Å². The van der Waals surface area contributed by atoms with E-state index in [0.29, 0.717) is 11.2 Å². The van der Waals surface area contributed by atoms with Crippen LogP contribution in [0, 0.1) is 0 Å². The zero-order chi connectivity index (χ0) is 27.7. The normalized spacial score (nSPS) is 25.8. The molecule has 0 saturated carbocycles. The largest absolute Gasteiger partial charge is 0.462 e. The Morgan fingerprint density at radius 1 is 1.24 bits per heavy atom. The molecule has 206 valence electrons. The summed E-state index contributed by atoms with van der Waals surface area (Å²) < 4.78 is 37.9. The number of ether oxygens (including phenoxy) is 2. The molecular weight excluding hydrogens is 517 g/mol. The van der Waals surface area contributed by atoms with E-state index in [-0.39, 0.29) is 17.7 Å². The SMILES string of the molecule is CC(C)OC(=O)[C@H](C)N[P@@](=O)(OC[C@@]1(C)O[C@@H](c2ccc3c(N)ncnn23)[C@H](O)[C@@H]1O)Oc1ccccc1. The van der Waals surface area contributed by atoms with Crippen molar-refractivity contribution in [1.29, 1.82) is 0 Å². The Bertz CT molecular complexity index is 1320. The summed E-state index contributed by atoms with van der Waals surface area (Å²) in [6, 6.07) is 10.5. The van der Waals surface area contributed by atoms with E-state index in [0.717, 1.165) is 0 Å². The molecule has 1 aliphatic heterocycles. The number of nitrogen functional groups attached to an aromatic ring is 1. The molecule has 0 spiro atoms. The van der Waals surface area contributed by atoms with E-state index in [1.54, 1.807) is 56.3 Å². The Morgan fingerprint density at radius 2 is 1.95 bits per heavy atom. The average Bonchev–Trinajstić information content (AvgIpc) is 3.39. The Hall–Kier alpha value is -3.06.